The average molecular weight is 98.1 g/mol. The minimum Gasteiger partial charge on any atom is -0.498 e. The Bertz CT molecular complexity index is 94.4. The van der Waals surface area contributed by atoms with Gasteiger partial charge >= 0.3 is 0 Å². The van der Waals surface area contributed by atoms with Gasteiger partial charge in [-0.15, -0.1) is 0 Å². The highest BCUT2D eigenvalue weighted by Crippen LogP contribution is 2.12. The van der Waals surface area contributed by atoms with Crippen molar-refractivity contribution in [3.63, 3.8) is 0 Å². The number of hydrogen-bond donors (Lipinski definition) is 0. The molecule has 40 valence electrons. The summed E-state index contributed by atoms with van der Waals surface area (Å²) in [6, 6.07) is 0. The predicted molar refractivity (Wildman–Crippen MR) is 28.9 cm³/mol. The summed E-state index contributed by atoms with van der Waals surface area (Å²) in [6.45, 7) is 5.02. The summed E-state index contributed by atoms with van der Waals surface area (Å²) < 4.78 is 5.13. The molecule has 0 unspecified atom stereocenters. The van der Waals surface area contributed by atoms with Gasteiger partial charge in [-0.05, 0) is 13.0 Å². The Balaban J connectivity index is 2.50. The van der Waals surface area contributed by atoms with E-state index in [0.29, 0.717) is 5.92 Å². The molecule has 0 spiro atoms. The van der Waals surface area contributed by atoms with Gasteiger partial charge in [0.15, 0.2) is 0 Å². The summed E-state index contributed by atoms with van der Waals surface area (Å²) in [5, 5.41) is 0. The second-order valence-electron chi connectivity index (χ2n) is 2.07. The van der Waals surface area contributed by atoms with Crippen molar-refractivity contribution in [2.45, 2.75) is 13.8 Å². The van der Waals surface area contributed by atoms with Crippen molar-refractivity contribution >= 4 is 0 Å². The molecule has 0 aromatic rings. The maximum Gasteiger partial charge on any atom is 0.0938 e. The maximum atomic E-state index is 5.13. The van der Waals surface area contributed by atoms with Crippen LogP contribution >= 0.6 is 0 Å². The lowest BCUT2D eigenvalue weighted by atomic mass is 10.2. The predicted octanol–water partition coefficient (Wildman–Crippen LogP) is 1.56. The third kappa shape index (κ3) is 0.952. The van der Waals surface area contributed by atoms with E-state index in [2.05, 4.69) is 13.0 Å². The van der Waals surface area contributed by atoms with Gasteiger partial charge in [0.1, 0.15) is 0 Å². The highest BCUT2D eigenvalue weighted by atomic mass is 16.5. The molecule has 1 heteroatoms. The van der Waals surface area contributed by atoms with E-state index in [4.69, 9.17) is 4.74 Å². The van der Waals surface area contributed by atoms with Gasteiger partial charge in [0, 0.05) is 5.92 Å². The normalized spacial score (nSPS) is 29.4. The molecular formula is C6H10O. The fraction of sp³-hybridized carbons (Fsp3) is 0.667. The molecular weight excluding hydrogens is 88.1 g/mol. The smallest absolute Gasteiger partial charge is 0.0938 e. The van der Waals surface area contributed by atoms with E-state index >= 15 is 0 Å². The van der Waals surface area contributed by atoms with E-state index in [1.54, 1.807) is 0 Å². The second-order valence-corrected chi connectivity index (χ2v) is 2.07. The van der Waals surface area contributed by atoms with E-state index in [0.717, 1.165) is 12.4 Å². The Labute approximate surface area is 44.0 Å². The molecule has 0 saturated heterocycles. The molecule has 0 N–H and O–H groups in total. The van der Waals surface area contributed by atoms with Crippen molar-refractivity contribution in [3.8, 4) is 0 Å². The lowest BCUT2D eigenvalue weighted by Gasteiger charge is -1.93. The summed E-state index contributed by atoms with van der Waals surface area (Å²) in [7, 11) is 0. The highest BCUT2D eigenvalue weighted by molar-refractivity contribution is 4.97. The molecule has 1 rings (SSSR count). The molecule has 1 nitrogen and oxygen atoms in total. The van der Waals surface area contributed by atoms with Crippen LogP contribution in [0.3, 0.4) is 0 Å². The fourth-order valence-electron chi connectivity index (χ4n) is 0.760. The van der Waals surface area contributed by atoms with Gasteiger partial charge in [-0.3, -0.25) is 0 Å². The lowest BCUT2D eigenvalue weighted by molar-refractivity contribution is 0.225. The SMILES string of the molecule is CC1=C[C@H](C)CO1. The first-order chi connectivity index (χ1) is 3.29. The van der Waals surface area contributed by atoms with Crippen LogP contribution in [-0.4, -0.2) is 6.61 Å². The van der Waals surface area contributed by atoms with E-state index in [9.17, 15) is 0 Å². The maximum absolute atomic E-state index is 5.13. The summed E-state index contributed by atoms with van der Waals surface area (Å²) in [6.07, 6.45) is 2.14. The van der Waals surface area contributed by atoms with Crippen molar-refractivity contribution in [3.05, 3.63) is 11.8 Å². The van der Waals surface area contributed by atoms with Gasteiger partial charge in [-0.25, -0.2) is 0 Å². The Kier molecular flexibility index (Phi) is 1.05. The number of allylic oxidation sites excluding steroid dienone is 1. The summed E-state index contributed by atoms with van der Waals surface area (Å²) >= 11 is 0. The third-order valence-electron chi connectivity index (χ3n) is 1.09. The van der Waals surface area contributed by atoms with E-state index in [1.165, 1.54) is 0 Å². The zero-order valence-corrected chi connectivity index (χ0v) is 4.77. The monoisotopic (exact) mass is 98.1 g/mol. The standard InChI is InChI=1S/C6H10O/c1-5-3-6(2)7-4-5/h3,5H,4H2,1-2H3/t5-/m0/s1. The van der Waals surface area contributed by atoms with Crippen LogP contribution in [0.5, 0.6) is 0 Å². The van der Waals surface area contributed by atoms with Crippen LogP contribution in [0.4, 0.5) is 0 Å². The van der Waals surface area contributed by atoms with E-state index < -0.39 is 0 Å². The van der Waals surface area contributed by atoms with Crippen molar-refractivity contribution in [1.82, 2.24) is 0 Å². The lowest BCUT2D eigenvalue weighted by Crippen LogP contribution is -1.89. The molecule has 1 atom stereocenters. The van der Waals surface area contributed by atoms with Gasteiger partial charge in [-0.2, -0.15) is 0 Å². The Morgan fingerprint density at radius 3 is 2.71 bits per heavy atom. The summed E-state index contributed by atoms with van der Waals surface area (Å²) in [4.78, 5) is 0. The van der Waals surface area contributed by atoms with Gasteiger partial charge in [-0.1, -0.05) is 6.92 Å². The minimum atomic E-state index is 0.639. The zero-order chi connectivity index (χ0) is 5.28. The fourth-order valence-corrected chi connectivity index (χ4v) is 0.760. The first-order valence-electron chi connectivity index (χ1n) is 2.60. The Hall–Kier alpha value is -0.460. The Morgan fingerprint density at radius 2 is 2.57 bits per heavy atom. The van der Waals surface area contributed by atoms with Crippen molar-refractivity contribution in [2.24, 2.45) is 5.92 Å². The number of ether oxygens (including phenoxy) is 1. The highest BCUT2D eigenvalue weighted by Gasteiger charge is 2.06. The van der Waals surface area contributed by atoms with Crippen LogP contribution in [0.2, 0.25) is 0 Å². The minimum absolute atomic E-state index is 0.639. The molecule has 7 heavy (non-hydrogen) atoms. The second kappa shape index (κ2) is 1.57. The topological polar surface area (TPSA) is 9.23 Å². The van der Waals surface area contributed by atoms with Crippen LogP contribution in [0.25, 0.3) is 0 Å². The van der Waals surface area contributed by atoms with Crippen LogP contribution in [0, 0.1) is 5.92 Å². The van der Waals surface area contributed by atoms with Crippen molar-refractivity contribution < 1.29 is 4.74 Å². The van der Waals surface area contributed by atoms with Crippen molar-refractivity contribution in [2.75, 3.05) is 6.61 Å². The molecule has 0 bridgehead atoms. The largest absolute Gasteiger partial charge is 0.498 e. The molecule has 0 fully saturated rings. The molecule has 1 aliphatic heterocycles. The van der Waals surface area contributed by atoms with Gasteiger partial charge < -0.3 is 4.74 Å². The third-order valence-corrected chi connectivity index (χ3v) is 1.09. The first-order valence-corrected chi connectivity index (χ1v) is 2.60. The summed E-state index contributed by atoms with van der Waals surface area (Å²) in [5.41, 5.74) is 0. The van der Waals surface area contributed by atoms with Crippen LogP contribution in [-0.2, 0) is 4.74 Å². The first kappa shape index (κ1) is 4.69. The van der Waals surface area contributed by atoms with Crippen LogP contribution in [0.1, 0.15) is 13.8 Å². The molecule has 0 amide bonds. The van der Waals surface area contributed by atoms with Gasteiger partial charge in [0.2, 0.25) is 0 Å². The van der Waals surface area contributed by atoms with E-state index in [1.807, 2.05) is 6.92 Å². The quantitative estimate of drug-likeness (QED) is 0.446. The molecule has 0 aromatic heterocycles. The molecule has 1 heterocycles. The van der Waals surface area contributed by atoms with Gasteiger partial charge in [0.05, 0.1) is 12.4 Å². The van der Waals surface area contributed by atoms with E-state index in [-0.39, 0.29) is 0 Å². The molecule has 1 aliphatic rings. The molecule has 0 radical (unpaired) electrons. The zero-order valence-electron chi connectivity index (χ0n) is 4.77. The molecule has 0 aliphatic carbocycles. The Morgan fingerprint density at radius 1 is 1.86 bits per heavy atom. The van der Waals surface area contributed by atoms with Crippen LogP contribution in [0.15, 0.2) is 11.8 Å². The average Bonchev–Trinajstić information content (AvgIpc) is 1.87. The number of hydrogen-bond acceptors (Lipinski definition) is 1. The molecule has 0 saturated carbocycles. The summed E-state index contributed by atoms with van der Waals surface area (Å²) in [5.74, 6) is 1.72. The number of rotatable bonds is 0. The molecule has 0 aromatic carbocycles. The van der Waals surface area contributed by atoms with Crippen LogP contribution < -0.4 is 0 Å². The van der Waals surface area contributed by atoms with Crippen molar-refractivity contribution in [1.29, 1.82) is 0 Å². The van der Waals surface area contributed by atoms with Gasteiger partial charge in [0.25, 0.3) is 0 Å².